The molecule has 1 aliphatic heterocycles. The number of nitrogens with zero attached hydrogens (tertiary/aromatic N) is 1. The molecule has 1 saturated heterocycles. The largest absolute Gasteiger partial charge is 0.354 e. The molecule has 1 aliphatic rings. The van der Waals surface area contributed by atoms with Gasteiger partial charge >= 0.3 is 0 Å². The molecule has 0 aliphatic carbocycles. The number of hydrogen-bond donors (Lipinski definition) is 1. The summed E-state index contributed by atoms with van der Waals surface area (Å²) in [5.41, 5.74) is 3.97. The number of aromatic amines is 1. The minimum atomic E-state index is 0.00102. The summed E-state index contributed by atoms with van der Waals surface area (Å²) in [6.45, 7) is 6.01. The number of thiophene rings is 1. The number of carbonyl (C=O) groups excluding carboxylic acids is 2. The SMILES string of the molecule is CC(=O)c1c(C)[nH]c(C(=O)N2CCC[C@H]2c2ccsc2)c1C. The summed E-state index contributed by atoms with van der Waals surface area (Å²) in [4.78, 5) is 29.8. The third kappa shape index (κ3) is 2.39. The van der Waals surface area contributed by atoms with Crippen LogP contribution in [0.2, 0.25) is 0 Å². The van der Waals surface area contributed by atoms with Gasteiger partial charge < -0.3 is 9.88 Å². The van der Waals surface area contributed by atoms with Gasteiger partial charge in [-0.05, 0) is 61.6 Å². The maximum Gasteiger partial charge on any atom is 0.271 e. The molecule has 0 aromatic carbocycles. The second-order valence-corrected chi connectivity index (χ2v) is 6.67. The second-order valence-electron chi connectivity index (χ2n) is 5.89. The van der Waals surface area contributed by atoms with Gasteiger partial charge in [0, 0.05) is 17.8 Å². The number of hydrogen-bond acceptors (Lipinski definition) is 3. The van der Waals surface area contributed by atoms with Crippen LogP contribution in [0.1, 0.15) is 63.5 Å². The number of carbonyl (C=O) groups is 2. The molecule has 0 bridgehead atoms. The molecule has 3 rings (SSSR count). The average molecular weight is 316 g/mol. The monoisotopic (exact) mass is 316 g/mol. The number of likely N-dealkylation sites (tertiary alicyclic amines) is 1. The molecule has 0 radical (unpaired) electrons. The van der Waals surface area contributed by atoms with Gasteiger partial charge in [0.15, 0.2) is 5.78 Å². The zero-order chi connectivity index (χ0) is 15.9. The fourth-order valence-corrected chi connectivity index (χ4v) is 4.16. The second kappa shape index (κ2) is 5.72. The molecule has 22 heavy (non-hydrogen) atoms. The molecule has 1 N–H and O–H groups in total. The van der Waals surface area contributed by atoms with Crippen LogP contribution < -0.4 is 0 Å². The zero-order valence-electron chi connectivity index (χ0n) is 13.1. The van der Waals surface area contributed by atoms with E-state index in [1.54, 1.807) is 18.3 Å². The van der Waals surface area contributed by atoms with Gasteiger partial charge in [0.1, 0.15) is 5.69 Å². The van der Waals surface area contributed by atoms with Crippen molar-refractivity contribution in [1.82, 2.24) is 9.88 Å². The molecule has 0 unspecified atom stereocenters. The first-order valence-corrected chi connectivity index (χ1v) is 8.48. The van der Waals surface area contributed by atoms with Gasteiger partial charge in [-0.2, -0.15) is 11.3 Å². The lowest BCUT2D eigenvalue weighted by atomic mass is 10.1. The van der Waals surface area contributed by atoms with E-state index in [1.807, 2.05) is 24.1 Å². The van der Waals surface area contributed by atoms with Gasteiger partial charge in [-0.1, -0.05) is 0 Å². The van der Waals surface area contributed by atoms with E-state index in [4.69, 9.17) is 0 Å². The van der Waals surface area contributed by atoms with Gasteiger partial charge in [-0.3, -0.25) is 9.59 Å². The van der Waals surface area contributed by atoms with Crippen molar-refractivity contribution in [2.75, 3.05) is 6.54 Å². The molecule has 4 nitrogen and oxygen atoms in total. The van der Waals surface area contributed by atoms with Crippen LogP contribution in [0.15, 0.2) is 16.8 Å². The predicted octanol–water partition coefficient (Wildman–Crippen LogP) is 3.87. The van der Waals surface area contributed by atoms with E-state index in [1.165, 1.54) is 5.56 Å². The number of Topliss-reactive ketones (excluding diaryl/α,β-unsaturated/α-hetero) is 1. The Morgan fingerprint density at radius 1 is 1.36 bits per heavy atom. The van der Waals surface area contributed by atoms with E-state index in [9.17, 15) is 9.59 Å². The van der Waals surface area contributed by atoms with Crippen LogP contribution in [-0.4, -0.2) is 28.1 Å². The quantitative estimate of drug-likeness (QED) is 0.874. The maximum atomic E-state index is 12.9. The summed E-state index contributed by atoms with van der Waals surface area (Å²) in [6, 6.07) is 2.25. The van der Waals surface area contributed by atoms with Crippen LogP contribution in [0.25, 0.3) is 0 Å². The fraction of sp³-hybridized carbons (Fsp3) is 0.412. The number of ketones is 1. The summed E-state index contributed by atoms with van der Waals surface area (Å²) in [5.74, 6) is 0.00269. The summed E-state index contributed by atoms with van der Waals surface area (Å²) in [6.07, 6.45) is 2.02. The van der Waals surface area contributed by atoms with E-state index in [0.29, 0.717) is 11.3 Å². The van der Waals surface area contributed by atoms with Crippen molar-refractivity contribution < 1.29 is 9.59 Å². The molecule has 0 saturated carbocycles. The molecular formula is C17H20N2O2S. The molecule has 1 atom stereocenters. The van der Waals surface area contributed by atoms with Crippen molar-refractivity contribution >= 4 is 23.0 Å². The number of aromatic nitrogens is 1. The highest BCUT2D eigenvalue weighted by Gasteiger charge is 2.33. The van der Waals surface area contributed by atoms with E-state index in [2.05, 4.69) is 16.4 Å². The molecule has 5 heteroatoms. The summed E-state index contributed by atoms with van der Waals surface area (Å²) in [7, 11) is 0. The van der Waals surface area contributed by atoms with E-state index in [0.717, 1.165) is 30.6 Å². The lowest BCUT2D eigenvalue weighted by Crippen LogP contribution is -2.31. The van der Waals surface area contributed by atoms with E-state index < -0.39 is 0 Å². The first kappa shape index (κ1) is 15.0. The van der Waals surface area contributed by atoms with E-state index >= 15 is 0 Å². The third-order valence-corrected chi connectivity index (χ3v) is 5.15. The lowest BCUT2D eigenvalue weighted by Gasteiger charge is -2.24. The molecule has 1 amide bonds. The summed E-state index contributed by atoms with van der Waals surface area (Å²) in [5, 5.41) is 4.16. The van der Waals surface area contributed by atoms with Crippen LogP contribution in [-0.2, 0) is 0 Å². The number of H-pyrrole nitrogens is 1. The Kier molecular flexibility index (Phi) is 3.91. The predicted molar refractivity (Wildman–Crippen MR) is 87.6 cm³/mol. The Morgan fingerprint density at radius 2 is 2.14 bits per heavy atom. The van der Waals surface area contributed by atoms with Gasteiger partial charge in [0.05, 0.1) is 6.04 Å². The van der Waals surface area contributed by atoms with Crippen LogP contribution in [0.4, 0.5) is 0 Å². The molecule has 116 valence electrons. The summed E-state index contributed by atoms with van der Waals surface area (Å²) < 4.78 is 0. The molecular weight excluding hydrogens is 296 g/mol. The molecule has 0 spiro atoms. The summed E-state index contributed by atoms with van der Waals surface area (Å²) >= 11 is 1.66. The Labute approximate surface area is 134 Å². The molecule has 3 heterocycles. The number of nitrogens with one attached hydrogen (secondary N) is 1. The van der Waals surface area contributed by atoms with E-state index in [-0.39, 0.29) is 17.7 Å². The topological polar surface area (TPSA) is 53.2 Å². The van der Waals surface area contributed by atoms with Gasteiger partial charge in [-0.15, -0.1) is 0 Å². The minimum Gasteiger partial charge on any atom is -0.354 e. The third-order valence-electron chi connectivity index (χ3n) is 4.45. The minimum absolute atomic E-state index is 0.00102. The van der Waals surface area contributed by atoms with Crippen molar-refractivity contribution in [1.29, 1.82) is 0 Å². The van der Waals surface area contributed by atoms with Gasteiger partial charge in [0.25, 0.3) is 5.91 Å². The van der Waals surface area contributed by atoms with Crippen LogP contribution in [0.5, 0.6) is 0 Å². The highest BCUT2D eigenvalue weighted by Crippen LogP contribution is 2.34. The van der Waals surface area contributed by atoms with Crippen molar-refractivity contribution in [3.63, 3.8) is 0 Å². The molecule has 2 aromatic heterocycles. The van der Waals surface area contributed by atoms with Crippen molar-refractivity contribution in [2.45, 2.75) is 39.7 Å². The Bertz CT molecular complexity index is 715. The first-order valence-electron chi connectivity index (χ1n) is 7.54. The number of aryl methyl sites for hydroxylation is 1. The Hall–Kier alpha value is -1.88. The molecule has 1 fully saturated rings. The standard InChI is InChI=1S/C17H20N2O2S/c1-10-15(12(3)20)11(2)18-16(10)17(21)19-7-4-5-14(19)13-6-8-22-9-13/h6,8-9,14,18H,4-5,7H2,1-3H3/t14-/m0/s1. The van der Waals surface area contributed by atoms with Crippen LogP contribution in [0.3, 0.4) is 0 Å². The number of rotatable bonds is 3. The zero-order valence-corrected chi connectivity index (χ0v) is 13.9. The fourth-order valence-electron chi connectivity index (χ4n) is 3.46. The Balaban J connectivity index is 1.94. The smallest absolute Gasteiger partial charge is 0.271 e. The van der Waals surface area contributed by atoms with Crippen molar-refractivity contribution in [3.8, 4) is 0 Å². The van der Waals surface area contributed by atoms with Gasteiger partial charge in [0.2, 0.25) is 0 Å². The van der Waals surface area contributed by atoms with Crippen LogP contribution in [0, 0.1) is 13.8 Å². The number of amides is 1. The Morgan fingerprint density at radius 3 is 2.73 bits per heavy atom. The first-order chi connectivity index (χ1) is 10.5. The lowest BCUT2D eigenvalue weighted by molar-refractivity contribution is 0.0729. The maximum absolute atomic E-state index is 12.9. The normalized spacial score (nSPS) is 18.0. The average Bonchev–Trinajstić information content (AvgIpc) is 3.16. The van der Waals surface area contributed by atoms with Crippen molar-refractivity contribution in [3.05, 3.63) is 44.9 Å². The van der Waals surface area contributed by atoms with Crippen LogP contribution >= 0.6 is 11.3 Å². The molecule has 2 aromatic rings. The van der Waals surface area contributed by atoms with Crippen molar-refractivity contribution in [2.24, 2.45) is 0 Å². The highest BCUT2D eigenvalue weighted by molar-refractivity contribution is 7.08. The highest BCUT2D eigenvalue weighted by atomic mass is 32.1. The van der Waals surface area contributed by atoms with Gasteiger partial charge in [-0.25, -0.2) is 0 Å².